The summed E-state index contributed by atoms with van der Waals surface area (Å²) in [4.78, 5) is 27.5. The second kappa shape index (κ2) is 11.8. The van der Waals surface area contributed by atoms with Crippen LogP contribution < -0.4 is 10.1 Å². The van der Waals surface area contributed by atoms with Gasteiger partial charge in [-0.15, -0.1) is 17.5 Å². The minimum Gasteiger partial charge on any atom is -0.514 e. The Morgan fingerprint density at radius 2 is 1.91 bits per heavy atom. The van der Waals surface area contributed by atoms with Gasteiger partial charge in [0.15, 0.2) is 11.6 Å². The summed E-state index contributed by atoms with van der Waals surface area (Å²) in [6, 6.07) is 12.1. The molecule has 0 radical (unpaired) electrons. The number of carbonyl (C=O) groups excluding carboxylic acids is 2. The second-order valence-corrected chi connectivity index (χ2v) is 7.50. The van der Waals surface area contributed by atoms with Crippen molar-refractivity contribution in [3.8, 4) is 5.75 Å². The first-order valence-corrected chi connectivity index (χ1v) is 10.1. The van der Waals surface area contributed by atoms with Crippen LogP contribution in [0.3, 0.4) is 0 Å². The van der Waals surface area contributed by atoms with Crippen molar-refractivity contribution in [1.29, 1.82) is 0 Å². The number of benzene rings is 2. The smallest absolute Gasteiger partial charge is 0.514 e. The Balaban J connectivity index is 0.00000408. The van der Waals surface area contributed by atoms with Gasteiger partial charge in [0.05, 0.1) is 25.0 Å². The molecule has 0 saturated heterocycles. The monoisotopic (exact) mass is 696 g/mol. The predicted octanol–water partition coefficient (Wildman–Crippen LogP) is 3.52. The first-order valence-electron chi connectivity index (χ1n) is 10.1. The van der Waals surface area contributed by atoms with E-state index >= 15 is 0 Å². The summed E-state index contributed by atoms with van der Waals surface area (Å²) in [6.07, 6.45) is 0. The van der Waals surface area contributed by atoms with Gasteiger partial charge in [-0.25, -0.2) is 8.78 Å². The molecule has 0 fully saturated rings. The van der Waals surface area contributed by atoms with Gasteiger partial charge in [-0.3, -0.25) is 4.79 Å². The van der Waals surface area contributed by atoms with Crippen molar-refractivity contribution in [3.05, 3.63) is 72.3 Å². The zero-order valence-electron chi connectivity index (χ0n) is 19.0. The maximum absolute atomic E-state index is 14.3. The average Bonchev–Trinajstić information content (AvgIpc) is 3.24. The van der Waals surface area contributed by atoms with E-state index in [2.05, 4.69) is 18.3 Å². The van der Waals surface area contributed by atoms with E-state index in [1.54, 1.807) is 24.3 Å². The average molecular weight is 696 g/mol. The SMILES string of the molecule is [CH2-]C(C)(C(=O)NCc1c(OC)ccc(F)c1F)N(CCOC)C(=O)c1[c-]c2ccccc2o1.[U+2]. The summed E-state index contributed by atoms with van der Waals surface area (Å²) in [5.74, 6) is -3.55. The van der Waals surface area contributed by atoms with Crippen molar-refractivity contribution < 1.29 is 63.4 Å². The number of amides is 2. The number of methoxy groups -OCH3 is 2. The standard InChI is InChI=1S/C24H24F2N2O5.U/c1-24(2,23(30)27-14-16-19(32-4)10-9-17(25)21(16)26)28(11-12-31-3)22(29)20-13-15-7-5-6-8-18(15)33-20;/h5-10H,1,11-12,14H2,2-4H3,(H,27,30);/q-2;+2. The van der Waals surface area contributed by atoms with Gasteiger partial charge in [0.2, 0.25) is 11.8 Å². The molecule has 34 heavy (non-hydrogen) atoms. The molecule has 2 aromatic carbocycles. The molecule has 7 nitrogen and oxygen atoms in total. The number of ether oxygens (including phenoxy) is 2. The molecule has 0 aliphatic heterocycles. The Morgan fingerprint density at radius 3 is 2.56 bits per heavy atom. The van der Waals surface area contributed by atoms with Gasteiger partial charge in [0.25, 0.3) is 0 Å². The molecule has 1 N–H and O–H groups in total. The molecule has 3 rings (SSSR count). The van der Waals surface area contributed by atoms with Crippen LogP contribution in [0.4, 0.5) is 8.78 Å². The van der Waals surface area contributed by atoms with Crippen LogP contribution in [0.2, 0.25) is 0 Å². The molecule has 0 saturated carbocycles. The quantitative estimate of drug-likeness (QED) is 0.347. The first kappa shape index (κ1) is 27.8. The number of halogens is 2. The topological polar surface area (TPSA) is 81.0 Å². The van der Waals surface area contributed by atoms with E-state index < -0.39 is 29.0 Å². The second-order valence-electron chi connectivity index (χ2n) is 7.50. The van der Waals surface area contributed by atoms with E-state index in [1.165, 1.54) is 32.1 Å². The molecule has 1 unspecified atom stereocenters. The summed E-state index contributed by atoms with van der Waals surface area (Å²) >= 11 is 0. The van der Waals surface area contributed by atoms with Crippen LogP contribution in [-0.4, -0.2) is 49.6 Å². The van der Waals surface area contributed by atoms with Crippen molar-refractivity contribution in [2.45, 2.75) is 19.0 Å². The molecule has 1 atom stereocenters. The zero-order chi connectivity index (χ0) is 24.2. The van der Waals surface area contributed by atoms with Gasteiger partial charge < -0.3 is 35.8 Å². The number of furan rings is 1. The van der Waals surface area contributed by atoms with Crippen molar-refractivity contribution in [2.24, 2.45) is 0 Å². The summed E-state index contributed by atoms with van der Waals surface area (Å²) in [5.41, 5.74) is -1.34. The normalized spacial score (nSPS) is 12.5. The number of hydrogen-bond acceptors (Lipinski definition) is 5. The number of rotatable bonds is 9. The van der Waals surface area contributed by atoms with E-state index in [0.29, 0.717) is 11.0 Å². The molecule has 178 valence electrons. The fourth-order valence-electron chi connectivity index (χ4n) is 3.30. The maximum atomic E-state index is 14.3. The van der Waals surface area contributed by atoms with E-state index in [9.17, 15) is 18.4 Å². The molecule has 1 heterocycles. The third kappa shape index (κ3) is 5.80. The number of carbonyl (C=O) groups is 2. The van der Waals surface area contributed by atoms with Crippen LogP contribution in [0.15, 0.2) is 40.8 Å². The molecule has 2 amide bonds. The van der Waals surface area contributed by atoms with E-state index in [4.69, 9.17) is 13.9 Å². The Bertz CT molecular complexity index is 1130. The van der Waals surface area contributed by atoms with Crippen LogP contribution in [0.25, 0.3) is 11.0 Å². The molecule has 0 aliphatic carbocycles. The van der Waals surface area contributed by atoms with Gasteiger partial charge in [-0.1, -0.05) is 25.1 Å². The Morgan fingerprint density at radius 1 is 1.21 bits per heavy atom. The van der Waals surface area contributed by atoms with Gasteiger partial charge in [-0.2, -0.15) is 0 Å². The fraction of sp³-hybridized carbons (Fsp3) is 0.292. The summed E-state index contributed by atoms with van der Waals surface area (Å²) in [7, 11) is 2.76. The minimum absolute atomic E-state index is 0. The maximum Gasteiger partial charge on any atom is 2.00 e. The van der Waals surface area contributed by atoms with Gasteiger partial charge in [0, 0.05) is 25.8 Å². The summed E-state index contributed by atoms with van der Waals surface area (Å²) < 4.78 is 43.7. The number of para-hydroxylation sites is 1. The number of hydrogen-bond donors (Lipinski definition) is 1. The number of nitrogens with zero attached hydrogens (tertiary/aromatic N) is 1. The van der Waals surface area contributed by atoms with E-state index in [0.717, 1.165) is 6.07 Å². The van der Waals surface area contributed by atoms with Crippen LogP contribution in [0.5, 0.6) is 5.75 Å². The van der Waals surface area contributed by atoms with Gasteiger partial charge in [0.1, 0.15) is 5.75 Å². The molecule has 0 aliphatic rings. The van der Waals surface area contributed by atoms with Crippen molar-refractivity contribution in [3.63, 3.8) is 0 Å². The first-order chi connectivity index (χ1) is 15.7. The van der Waals surface area contributed by atoms with Gasteiger partial charge in [-0.05, 0) is 17.7 Å². The third-order valence-corrected chi connectivity index (χ3v) is 5.19. The van der Waals surface area contributed by atoms with Gasteiger partial charge >= 0.3 is 31.1 Å². The van der Waals surface area contributed by atoms with E-state index in [1.807, 2.05) is 0 Å². The Kier molecular flexibility index (Phi) is 9.68. The Hall–Kier alpha value is -2.41. The molecule has 10 heteroatoms. The summed E-state index contributed by atoms with van der Waals surface area (Å²) in [6.45, 7) is 5.10. The van der Waals surface area contributed by atoms with E-state index in [-0.39, 0.29) is 67.9 Å². The largest absolute Gasteiger partial charge is 2.00 e. The molecule has 0 bridgehead atoms. The molecular weight excluding hydrogens is 672 g/mol. The third-order valence-electron chi connectivity index (χ3n) is 5.19. The van der Waals surface area contributed by atoms with Crippen molar-refractivity contribution in [2.75, 3.05) is 27.4 Å². The molecule has 3 aromatic rings. The number of fused-ring (bicyclic) bond motifs is 1. The fourth-order valence-corrected chi connectivity index (χ4v) is 3.30. The van der Waals surface area contributed by atoms with Crippen LogP contribution >= 0.6 is 0 Å². The van der Waals surface area contributed by atoms with Crippen LogP contribution in [0.1, 0.15) is 23.0 Å². The summed E-state index contributed by atoms with van der Waals surface area (Å²) in [5, 5.41) is 3.12. The van der Waals surface area contributed by atoms with Crippen molar-refractivity contribution >= 4 is 22.8 Å². The number of nitrogens with one attached hydrogen (secondary N) is 1. The Labute approximate surface area is 220 Å². The predicted molar refractivity (Wildman–Crippen MR) is 116 cm³/mol. The molecule has 0 spiro atoms. The van der Waals surface area contributed by atoms with Crippen molar-refractivity contribution in [1.82, 2.24) is 10.2 Å². The molecular formula is C24H24F2N2O5U. The molecule has 1 aromatic heterocycles. The minimum atomic E-state index is -1.64. The van der Waals surface area contributed by atoms with Crippen LogP contribution in [0, 0.1) is 55.7 Å². The zero-order valence-corrected chi connectivity index (χ0v) is 23.2. The van der Waals surface area contributed by atoms with Crippen LogP contribution in [-0.2, 0) is 16.1 Å².